The second-order valence-corrected chi connectivity index (χ2v) is 6.67. The van der Waals surface area contributed by atoms with Crippen molar-refractivity contribution in [2.75, 3.05) is 19.0 Å². The van der Waals surface area contributed by atoms with Crippen LogP contribution in [-0.4, -0.2) is 30.6 Å². The molecule has 3 amide bonds. The van der Waals surface area contributed by atoms with Gasteiger partial charge in [-0.1, -0.05) is 6.07 Å². The highest BCUT2D eigenvalue weighted by Gasteiger charge is 2.32. The van der Waals surface area contributed by atoms with E-state index < -0.39 is 22.9 Å². The van der Waals surface area contributed by atoms with E-state index in [4.69, 9.17) is 9.47 Å². The third kappa shape index (κ3) is 4.74. The van der Waals surface area contributed by atoms with Crippen LogP contribution in [-0.2, 0) is 4.79 Å². The molecule has 3 N–H and O–H groups in total. The van der Waals surface area contributed by atoms with E-state index in [1.54, 1.807) is 25.1 Å². The summed E-state index contributed by atoms with van der Waals surface area (Å²) >= 11 is 0. The summed E-state index contributed by atoms with van der Waals surface area (Å²) in [5.74, 6) is 0.559. The predicted octanol–water partition coefficient (Wildman–Crippen LogP) is 3.27. The number of anilines is 1. The summed E-state index contributed by atoms with van der Waals surface area (Å²) in [6.45, 7) is 3.94. The molecule has 0 aromatic heterocycles. The van der Waals surface area contributed by atoms with Gasteiger partial charge >= 0.3 is 6.03 Å². The van der Waals surface area contributed by atoms with Crippen LogP contribution < -0.4 is 25.4 Å². The zero-order valence-corrected chi connectivity index (χ0v) is 17.2. The van der Waals surface area contributed by atoms with Crippen molar-refractivity contribution in [2.45, 2.75) is 19.9 Å². The van der Waals surface area contributed by atoms with Gasteiger partial charge in [0.2, 0.25) is 0 Å². The van der Waals surface area contributed by atoms with Crippen molar-refractivity contribution in [3.63, 3.8) is 0 Å². The van der Waals surface area contributed by atoms with Gasteiger partial charge in [-0.05, 0) is 43.7 Å². The average Bonchev–Trinajstić information content (AvgIpc) is 2.74. The number of urea groups is 1. The highest BCUT2D eigenvalue weighted by Crippen LogP contribution is 2.34. The first-order valence-corrected chi connectivity index (χ1v) is 9.48. The number of hydrogen-bond donors (Lipinski definition) is 3. The number of carbonyl (C=O) groups is 2. The number of benzene rings is 2. The fourth-order valence-electron chi connectivity index (χ4n) is 3.25. The van der Waals surface area contributed by atoms with Gasteiger partial charge in [0, 0.05) is 23.5 Å². The molecule has 0 radical (unpaired) electrons. The molecule has 162 valence electrons. The minimum absolute atomic E-state index is 0.0839. The Morgan fingerprint density at radius 2 is 1.90 bits per heavy atom. The molecule has 0 saturated carbocycles. The molecule has 2 aromatic rings. The molecule has 0 saturated heterocycles. The van der Waals surface area contributed by atoms with Gasteiger partial charge in [0.15, 0.2) is 11.5 Å². The molecule has 10 heteroatoms. The normalized spacial score (nSPS) is 15.6. The molecule has 1 aliphatic rings. The van der Waals surface area contributed by atoms with E-state index in [-0.39, 0.29) is 5.69 Å². The van der Waals surface area contributed by atoms with Crippen LogP contribution in [0, 0.1) is 10.1 Å². The third-order valence-electron chi connectivity index (χ3n) is 4.67. The standard InChI is InChI=1S/C21H22N4O6/c1-4-31-16-10-5-13(11-17(16)30-3)19-18(12(2)22-21(27)24-19)20(26)23-14-6-8-15(9-7-14)25(28)29/h5-11,19H,4H2,1-3H3,(H,23,26)(H2,22,24,27). The molecule has 1 aliphatic heterocycles. The van der Waals surface area contributed by atoms with E-state index >= 15 is 0 Å². The molecular formula is C21H22N4O6. The maximum absolute atomic E-state index is 13.1. The smallest absolute Gasteiger partial charge is 0.319 e. The zero-order chi connectivity index (χ0) is 22.5. The van der Waals surface area contributed by atoms with Gasteiger partial charge in [-0.3, -0.25) is 14.9 Å². The summed E-state index contributed by atoms with van der Waals surface area (Å²) < 4.78 is 10.9. The van der Waals surface area contributed by atoms with Crippen LogP contribution in [0.1, 0.15) is 25.5 Å². The van der Waals surface area contributed by atoms with Crippen LogP contribution >= 0.6 is 0 Å². The van der Waals surface area contributed by atoms with Crippen LogP contribution in [0.5, 0.6) is 11.5 Å². The number of rotatable bonds is 7. The van der Waals surface area contributed by atoms with E-state index in [0.717, 1.165) is 0 Å². The molecule has 1 unspecified atom stereocenters. The van der Waals surface area contributed by atoms with Crippen LogP contribution in [0.25, 0.3) is 0 Å². The van der Waals surface area contributed by atoms with Gasteiger partial charge in [0.05, 0.1) is 30.3 Å². The van der Waals surface area contributed by atoms with Gasteiger partial charge in [0.25, 0.3) is 11.6 Å². The molecule has 31 heavy (non-hydrogen) atoms. The average molecular weight is 426 g/mol. The Morgan fingerprint density at radius 1 is 1.19 bits per heavy atom. The number of methoxy groups -OCH3 is 1. The van der Waals surface area contributed by atoms with Crippen molar-refractivity contribution < 1.29 is 24.0 Å². The molecule has 0 spiro atoms. The highest BCUT2D eigenvalue weighted by molar-refractivity contribution is 6.06. The number of allylic oxidation sites excluding steroid dienone is 1. The summed E-state index contributed by atoms with van der Waals surface area (Å²) in [5.41, 5.74) is 1.61. The minimum atomic E-state index is -0.739. The molecule has 0 fully saturated rings. The highest BCUT2D eigenvalue weighted by atomic mass is 16.6. The molecule has 2 aromatic carbocycles. The van der Waals surface area contributed by atoms with Crippen molar-refractivity contribution in [1.82, 2.24) is 10.6 Å². The molecule has 1 heterocycles. The van der Waals surface area contributed by atoms with E-state index in [1.807, 2.05) is 6.92 Å². The summed E-state index contributed by atoms with van der Waals surface area (Å²) in [6, 6.07) is 9.46. The van der Waals surface area contributed by atoms with Crippen molar-refractivity contribution in [3.05, 3.63) is 69.4 Å². The second-order valence-electron chi connectivity index (χ2n) is 6.67. The van der Waals surface area contributed by atoms with Crippen LogP contribution in [0.2, 0.25) is 0 Å². The third-order valence-corrected chi connectivity index (χ3v) is 4.67. The lowest BCUT2D eigenvalue weighted by atomic mass is 9.94. The first-order valence-electron chi connectivity index (χ1n) is 9.48. The monoisotopic (exact) mass is 426 g/mol. The second kappa shape index (κ2) is 9.16. The predicted molar refractivity (Wildman–Crippen MR) is 113 cm³/mol. The number of nitro benzene ring substituents is 1. The Labute approximate surface area is 178 Å². The lowest BCUT2D eigenvalue weighted by molar-refractivity contribution is -0.384. The largest absolute Gasteiger partial charge is 0.493 e. The van der Waals surface area contributed by atoms with E-state index in [0.29, 0.717) is 40.6 Å². The van der Waals surface area contributed by atoms with Crippen LogP contribution in [0.3, 0.4) is 0 Å². The summed E-state index contributed by atoms with van der Waals surface area (Å²) in [5, 5.41) is 18.9. The fraction of sp³-hybridized carbons (Fsp3) is 0.238. The topological polar surface area (TPSA) is 132 Å². The molecule has 0 aliphatic carbocycles. The minimum Gasteiger partial charge on any atom is -0.493 e. The molecule has 1 atom stereocenters. The van der Waals surface area contributed by atoms with Crippen LogP contribution in [0.15, 0.2) is 53.7 Å². The van der Waals surface area contributed by atoms with Crippen molar-refractivity contribution in [1.29, 1.82) is 0 Å². The number of non-ortho nitro benzene ring substituents is 1. The summed E-state index contributed by atoms with van der Waals surface area (Å²) in [4.78, 5) is 35.5. The number of nitro groups is 1. The quantitative estimate of drug-likeness (QED) is 0.460. The molecule has 3 rings (SSSR count). The SMILES string of the molecule is CCOc1ccc(C2NC(=O)NC(C)=C2C(=O)Nc2ccc([N+](=O)[O-])cc2)cc1OC. The van der Waals surface area contributed by atoms with Gasteiger partial charge in [0.1, 0.15) is 0 Å². The lowest BCUT2D eigenvalue weighted by Crippen LogP contribution is -2.46. The van der Waals surface area contributed by atoms with Crippen molar-refractivity contribution >= 4 is 23.3 Å². The number of nitrogens with one attached hydrogen (secondary N) is 3. The van der Waals surface area contributed by atoms with E-state index in [9.17, 15) is 19.7 Å². The Bertz CT molecular complexity index is 1050. The number of ether oxygens (including phenoxy) is 2. The van der Waals surface area contributed by atoms with E-state index in [1.165, 1.54) is 31.4 Å². The van der Waals surface area contributed by atoms with Gasteiger partial charge in [-0.15, -0.1) is 0 Å². The van der Waals surface area contributed by atoms with Gasteiger partial charge in [-0.25, -0.2) is 4.79 Å². The lowest BCUT2D eigenvalue weighted by Gasteiger charge is -2.29. The summed E-state index contributed by atoms with van der Waals surface area (Å²) in [7, 11) is 1.51. The number of nitrogens with zero attached hydrogens (tertiary/aromatic N) is 1. The van der Waals surface area contributed by atoms with Crippen molar-refractivity contribution in [2.24, 2.45) is 0 Å². The Morgan fingerprint density at radius 3 is 2.52 bits per heavy atom. The fourth-order valence-corrected chi connectivity index (χ4v) is 3.25. The Balaban J connectivity index is 1.92. The maximum Gasteiger partial charge on any atom is 0.319 e. The molecular weight excluding hydrogens is 404 g/mol. The first kappa shape index (κ1) is 21.6. The first-order chi connectivity index (χ1) is 14.8. The number of amides is 3. The zero-order valence-electron chi connectivity index (χ0n) is 17.2. The molecule has 0 bridgehead atoms. The van der Waals surface area contributed by atoms with E-state index in [2.05, 4.69) is 16.0 Å². The summed E-state index contributed by atoms with van der Waals surface area (Å²) in [6.07, 6.45) is 0. The Kier molecular flexibility index (Phi) is 6.39. The number of hydrogen-bond acceptors (Lipinski definition) is 6. The number of carbonyl (C=O) groups excluding carboxylic acids is 2. The maximum atomic E-state index is 13.1. The Hall–Kier alpha value is -4.08. The molecule has 10 nitrogen and oxygen atoms in total. The van der Waals surface area contributed by atoms with Crippen LogP contribution in [0.4, 0.5) is 16.2 Å². The van der Waals surface area contributed by atoms with Crippen molar-refractivity contribution in [3.8, 4) is 11.5 Å². The van der Waals surface area contributed by atoms with Gasteiger partial charge < -0.3 is 25.4 Å². The van der Waals surface area contributed by atoms with Gasteiger partial charge in [-0.2, -0.15) is 0 Å².